The molecule has 0 bridgehead atoms. The third kappa shape index (κ3) is 10.7. The fraction of sp³-hybridized carbons (Fsp3) is 0.385. The van der Waals surface area contributed by atoms with Crippen molar-refractivity contribution in [3.63, 3.8) is 0 Å². The SMILES string of the molecule is CN(C)c1ccc(CN(CCCn2ccnc2)Cc2ccsc2)cc1.O=C(O)CC(O)(CC(=O)O)C(=O)O. The van der Waals surface area contributed by atoms with Gasteiger partial charge in [0.05, 0.1) is 19.2 Å². The Labute approximate surface area is 225 Å². The van der Waals surface area contributed by atoms with Gasteiger partial charge < -0.3 is 29.9 Å². The number of aliphatic hydroxyl groups is 1. The maximum Gasteiger partial charge on any atom is 0.336 e. The van der Waals surface area contributed by atoms with Gasteiger partial charge in [-0.15, -0.1) is 0 Å². The summed E-state index contributed by atoms with van der Waals surface area (Å²) in [5, 5.41) is 38.2. The summed E-state index contributed by atoms with van der Waals surface area (Å²) in [7, 11) is 4.15. The molecule has 4 N–H and O–H groups in total. The average Bonchev–Trinajstić information content (AvgIpc) is 3.53. The van der Waals surface area contributed by atoms with Gasteiger partial charge in [0.15, 0.2) is 5.60 Å². The number of aliphatic carboxylic acids is 3. The zero-order valence-electron chi connectivity index (χ0n) is 21.4. The van der Waals surface area contributed by atoms with E-state index in [1.165, 1.54) is 16.8 Å². The molecule has 0 atom stereocenters. The predicted molar refractivity (Wildman–Crippen MR) is 143 cm³/mol. The molecule has 2 heterocycles. The van der Waals surface area contributed by atoms with Crippen molar-refractivity contribution in [2.24, 2.45) is 0 Å². The van der Waals surface area contributed by atoms with Crippen LogP contribution >= 0.6 is 11.3 Å². The van der Waals surface area contributed by atoms with E-state index in [0.29, 0.717) is 0 Å². The number of anilines is 1. The first-order valence-electron chi connectivity index (χ1n) is 11.8. The van der Waals surface area contributed by atoms with Gasteiger partial charge in [-0.2, -0.15) is 11.3 Å². The average molecular weight is 547 g/mol. The molecule has 11 nitrogen and oxygen atoms in total. The molecule has 0 spiro atoms. The molecule has 2 aromatic heterocycles. The number of thiophene rings is 1. The predicted octanol–water partition coefficient (Wildman–Crippen LogP) is 2.85. The number of aryl methyl sites for hydroxylation is 1. The Morgan fingerprint density at radius 1 is 0.974 bits per heavy atom. The number of rotatable bonds is 14. The molecule has 0 saturated heterocycles. The molecule has 0 unspecified atom stereocenters. The van der Waals surface area contributed by atoms with Crippen LogP contribution in [0.1, 0.15) is 30.4 Å². The van der Waals surface area contributed by atoms with E-state index >= 15 is 0 Å². The van der Waals surface area contributed by atoms with Gasteiger partial charge in [0.2, 0.25) is 0 Å². The Morgan fingerprint density at radius 2 is 1.61 bits per heavy atom. The number of nitrogens with zero attached hydrogens (tertiary/aromatic N) is 4. The number of carbonyl (C=O) groups is 3. The molecule has 3 rings (SSSR count). The van der Waals surface area contributed by atoms with Crippen LogP contribution in [0.2, 0.25) is 0 Å². The first-order valence-corrected chi connectivity index (χ1v) is 12.8. The van der Waals surface area contributed by atoms with Crippen LogP contribution in [0.5, 0.6) is 0 Å². The van der Waals surface area contributed by atoms with Crippen LogP contribution in [0, 0.1) is 0 Å². The van der Waals surface area contributed by atoms with E-state index in [1.54, 1.807) is 11.3 Å². The third-order valence-electron chi connectivity index (χ3n) is 5.58. The molecule has 1 aromatic carbocycles. The van der Waals surface area contributed by atoms with E-state index < -0.39 is 36.4 Å². The molecule has 0 aliphatic carbocycles. The van der Waals surface area contributed by atoms with E-state index in [9.17, 15) is 14.4 Å². The van der Waals surface area contributed by atoms with Gasteiger partial charge in [0.1, 0.15) is 0 Å². The topological polar surface area (TPSA) is 156 Å². The maximum absolute atomic E-state index is 10.3. The number of benzene rings is 1. The molecule has 38 heavy (non-hydrogen) atoms. The van der Waals surface area contributed by atoms with Gasteiger partial charge in [-0.1, -0.05) is 12.1 Å². The summed E-state index contributed by atoms with van der Waals surface area (Å²) in [6, 6.07) is 11.1. The van der Waals surface area contributed by atoms with Gasteiger partial charge in [-0.05, 0) is 46.5 Å². The quantitative estimate of drug-likeness (QED) is 0.237. The minimum Gasteiger partial charge on any atom is -0.481 e. The largest absolute Gasteiger partial charge is 0.481 e. The first kappa shape index (κ1) is 30.5. The molecule has 0 amide bonds. The molecule has 3 aromatic rings. The second-order valence-corrected chi connectivity index (χ2v) is 9.81. The van der Waals surface area contributed by atoms with E-state index in [4.69, 9.17) is 20.4 Å². The normalized spacial score (nSPS) is 11.1. The van der Waals surface area contributed by atoms with Crippen LogP contribution in [0.15, 0.2) is 59.8 Å². The van der Waals surface area contributed by atoms with Crippen molar-refractivity contribution in [1.82, 2.24) is 14.5 Å². The number of carboxylic acid groups (broad SMARTS) is 3. The zero-order valence-corrected chi connectivity index (χ0v) is 22.3. The van der Waals surface area contributed by atoms with Gasteiger partial charge in [0, 0.05) is 58.4 Å². The lowest BCUT2D eigenvalue weighted by Gasteiger charge is -2.22. The highest BCUT2D eigenvalue weighted by atomic mass is 32.1. The lowest BCUT2D eigenvalue weighted by Crippen LogP contribution is -2.42. The van der Waals surface area contributed by atoms with Crippen molar-refractivity contribution in [2.75, 3.05) is 25.5 Å². The summed E-state index contributed by atoms with van der Waals surface area (Å²) in [5.41, 5.74) is 1.27. The lowest BCUT2D eigenvalue weighted by molar-refractivity contribution is -0.170. The molecule has 0 aliphatic rings. The second kappa shape index (κ2) is 14.9. The highest BCUT2D eigenvalue weighted by molar-refractivity contribution is 7.07. The van der Waals surface area contributed by atoms with Crippen molar-refractivity contribution in [2.45, 2.75) is 44.5 Å². The maximum atomic E-state index is 10.3. The fourth-order valence-electron chi connectivity index (χ4n) is 3.62. The van der Waals surface area contributed by atoms with Crippen LogP contribution in [-0.4, -0.2) is 79.0 Å². The number of hydrogen-bond donors (Lipinski definition) is 4. The molecular weight excluding hydrogens is 512 g/mol. The Bertz CT molecular complexity index is 1120. The van der Waals surface area contributed by atoms with Crippen LogP contribution in [0.3, 0.4) is 0 Å². The number of carboxylic acids is 3. The molecule has 0 saturated carbocycles. The third-order valence-corrected chi connectivity index (χ3v) is 6.31. The van der Waals surface area contributed by atoms with E-state index in [1.807, 2.05) is 18.7 Å². The van der Waals surface area contributed by atoms with Crippen LogP contribution in [0.4, 0.5) is 5.69 Å². The highest BCUT2D eigenvalue weighted by Gasteiger charge is 2.40. The summed E-state index contributed by atoms with van der Waals surface area (Å²) in [6.45, 7) is 4.07. The number of imidazole rings is 1. The Balaban J connectivity index is 0.000000332. The van der Waals surface area contributed by atoms with Crippen LogP contribution in [-0.2, 0) is 34.0 Å². The second-order valence-electron chi connectivity index (χ2n) is 9.03. The van der Waals surface area contributed by atoms with Crippen molar-refractivity contribution < 1.29 is 34.8 Å². The summed E-state index contributed by atoms with van der Waals surface area (Å²) in [4.78, 5) is 39.3. The minimum absolute atomic E-state index is 0.980. The van der Waals surface area contributed by atoms with Crippen LogP contribution in [0.25, 0.3) is 0 Å². The number of aromatic nitrogens is 2. The standard InChI is InChI=1S/C20H26N4S.C6H8O7/c1-22(2)20-6-4-18(5-7-20)14-24(15-19-8-13-25-16-19)11-3-10-23-12-9-21-17-23;7-3(8)1-6(13,5(11)12)2-4(9)10/h4-9,12-13,16-17H,3,10-11,14-15H2,1-2H3;13H,1-2H2,(H,7,8)(H,9,10)(H,11,12). The summed E-state index contributed by atoms with van der Waals surface area (Å²) in [6.07, 6.45) is 4.60. The van der Waals surface area contributed by atoms with Gasteiger partial charge in [0.25, 0.3) is 0 Å². The first-order chi connectivity index (χ1) is 18.0. The van der Waals surface area contributed by atoms with Crippen molar-refractivity contribution in [1.29, 1.82) is 0 Å². The van der Waals surface area contributed by atoms with E-state index in [0.717, 1.165) is 32.6 Å². The molecule has 0 aliphatic heterocycles. The lowest BCUT2D eigenvalue weighted by atomic mass is 9.96. The van der Waals surface area contributed by atoms with Gasteiger partial charge in [-0.3, -0.25) is 14.5 Å². The van der Waals surface area contributed by atoms with Gasteiger partial charge in [-0.25, -0.2) is 9.78 Å². The van der Waals surface area contributed by atoms with Crippen molar-refractivity contribution in [3.8, 4) is 0 Å². The van der Waals surface area contributed by atoms with Crippen LogP contribution < -0.4 is 4.90 Å². The van der Waals surface area contributed by atoms with Crippen molar-refractivity contribution >= 4 is 34.9 Å². The molecule has 0 radical (unpaired) electrons. The molecule has 12 heteroatoms. The zero-order chi connectivity index (χ0) is 28.1. The van der Waals surface area contributed by atoms with E-state index in [2.05, 4.69) is 74.5 Å². The van der Waals surface area contributed by atoms with E-state index in [-0.39, 0.29) is 0 Å². The molecule has 0 fully saturated rings. The number of hydrogen-bond acceptors (Lipinski definition) is 8. The van der Waals surface area contributed by atoms with Gasteiger partial charge >= 0.3 is 17.9 Å². The summed E-state index contributed by atoms with van der Waals surface area (Å²) >= 11 is 1.77. The molecular formula is C26H34N4O7S. The summed E-state index contributed by atoms with van der Waals surface area (Å²) in [5.74, 6) is -5.02. The fourth-order valence-corrected chi connectivity index (χ4v) is 4.28. The Hall–Kier alpha value is -3.74. The Morgan fingerprint density at radius 3 is 2.08 bits per heavy atom. The minimum atomic E-state index is -2.74. The van der Waals surface area contributed by atoms with Crippen molar-refractivity contribution in [3.05, 3.63) is 70.9 Å². The smallest absolute Gasteiger partial charge is 0.336 e. The highest BCUT2D eigenvalue weighted by Crippen LogP contribution is 2.17. The molecule has 206 valence electrons. The summed E-state index contributed by atoms with van der Waals surface area (Å²) < 4.78 is 2.15. The monoisotopic (exact) mass is 546 g/mol. The Kier molecular flexibility index (Phi) is 11.9.